The first-order chi connectivity index (χ1) is 9.40. The smallest absolute Gasteiger partial charge is 0.303 e. The summed E-state index contributed by atoms with van der Waals surface area (Å²) in [7, 11) is 0. The SMILES string of the molecule is CC1=NN(C(N)=S)C(=O)/C1=N/Nc1cc(Cl)ccc1Cl. The van der Waals surface area contributed by atoms with Crippen molar-refractivity contribution >= 4 is 63.6 Å². The van der Waals surface area contributed by atoms with E-state index in [1.807, 2.05) is 0 Å². The van der Waals surface area contributed by atoms with E-state index in [1.54, 1.807) is 25.1 Å². The molecule has 3 N–H and O–H groups in total. The molecule has 1 amide bonds. The molecule has 0 fully saturated rings. The Balaban J connectivity index is 2.25. The van der Waals surface area contributed by atoms with Crippen molar-refractivity contribution in [2.75, 3.05) is 5.43 Å². The summed E-state index contributed by atoms with van der Waals surface area (Å²) in [5.74, 6) is -0.499. The lowest BCUT2D eigenvalue weighted by Crippen LogP contribution is -2.36. The molecule has 0 atom stereocenters. The predicted molar refractivity (Wildman–Crippen MR) is 84.3 cm³/mol. The summed E-state index contributed by atoms with van der Waals surface area (Å²) < 4.78 is 0. The van der Waals surface area contributed by atoms with Crippen LogP contribution in [0.25, 0.3) is 0 Å². The molecule has 1 aromatic carbocycles. The third kappa shape index (κ3) is 2.90. The zero-order valence-corrected chi connectivity index (χ0v) is 12.6. The molecular weight excluding hydrogens is 321 g/mol. The topological polar surface area (TPSA) is 83.1 Å². The molecule has 0 saturated heterocycles. The minimum absolute atomic E-state index is 0.105. The van der Waals surface area contributed by atoms with Gasteiger partial charge in [-0.3, -0.25) is 10.2 Å². The van der Waals surface area contributed by atoms with E-state index in [1.165, 1.54) is 0 Å². The Kier molecular flexibility index (Phi) is 4.22. The quantitative estimate of drug-likeness (QED) is 0.643. The van der Waals surface area contributed by atoms with Crippen molar-refractivity contribution in [2.24, 2.45) is 15.9 Å². The van der Waals surface area contributed by atoms with Gasteiger partial charge in [0, 0.05) is 5.02 Å². The van der Waals surface area contributed by atoms with Gasteiger partial charge in [-0.2, -0.15) is 15.2 Å². The number of hydrogen-bond acceptors (Lipinski definition) is 5. The molecule has 0 saturated carbocycles. The summed E-state index contributed by atoms with van der Waals surface area (Å²) in [5, 5.41) is 9.56. The first kappa shape index (κ1) is 14.7. The summed E-state index contributed by atoms with van der Waals surface area (Å²) in [6, 6.07) is 4.85. The van der Waals surface area contributed by atoms with E-state index in [2.05, 4.69) is 15.6 Å². The molecule has 2 rings (SSSR count). The molecule has 1 aliphatic heterocycles. The summed E-state index contributed by atoms with van der Waals surface area (Å²) >= 11 is 16.5. The van der Waals surface area contributed by atoms with Gasteiger partial charge >= 0.3 is 5.91 Å². The van der Waals surface area contributed by atoms with Gasteiger partial charge in [-0.05, 0) is 37.3 Å². The number of anilines is 1. The second-order valence-corrected chi connectivity index (χ2v) is 5.10. The van der Waals surface area contributed by atoms with Crippen molar-refractivity contribution in [3.05, 3.63) is 28.2 Å². The first-order valence-electron chi connectivity index (χ1n) is 5.38. The van der Waals surface area contributed by atoms with Gasteiger partial charge < -0.3 is 5.73 Å². The van der Waals surface area contributed by atoms with Crippen LogP contribution in [0.15, 0.2) is 28.4 Å². The van der Waals surface area contributed by atoms with Crippen molar-refractivity contribution in [1.29, 1.82) is 0 Å². The third-order valence-corrected chi connectivity index (χ3v) is 3.15. The van der Waals surface area contributed by atoms with Crippen LogP contribution in [0.4, 0.5) is 5.69 Å². The van der Waals surface area contributed by atoms with Gasteiger partial charge in [0.1, 0.15) is 0 Å². The number of carbonyl (C=O) groups excluding carboxylic acids is 1. The first-order valence-corrected chi connectivity index (χ1v) is 6.55. The van der Waals surface area contributed by atoms with E-state index in [9.17, 15) is 4.79 Å². The van der Waals surface area contributed by atoms with Gasteiger partial charge in [0.2, 0.25) is 0 Å². The summed E-state index contributed by atoms with van der Waals surface area (Å²) in [5.41, 5.74) is 9.03. The number of rotatable bonds is 2. The monoisotopic (exact) mass is 329 g/mol. The second-order valence-electron chi connectivity index (χ2n) is 3.84. The Morgan fingerprint density at radius 1 is 1.50 bits per heavy atom. The van der Waals surface area contributed by atoms with Crippen molar-refractivity contribution in [3.8, 4) is 0 Å². The zero-order chi connectivity index (χ0) is 14.9. The number of carbonyl (C=O) groups is 1. The number of nitrogens with one attached hydrogen (secondary N) is 1. The number of nitrogens with two attached hydrogens (primary N) is 1. The molecule has 104 valence electrons. The Morgan fingerprint density at radius 2 is 2.20 bits per heavy atom. The molecule has 6 nitrogen and oxygen atoms in total. The van der Waals surface area contributed by atoms with Gasteiger partial charge in [-0.25, -0.2) is 0 Å². The number of nitrogens with zero attached hydrogens (tertiary/aromatic N) is 3. The molecule has 0 aromatic heterocycles. The van der Waals surface area contributed by atoms with Gasteiger partial charge in [-0.1, -0.05) is 23.2 Å². The Bertz CT molecular complexity index is 658. The van der Waals surface area contributed by atoms with E-state index >= 15 is 0 Å². The van der Waals surface area contributed by atoms with Crippen LogP contribution in [-0.4, -0.2) is 27.5 Å². The normalized spacial score (nSPS) is 16.6. The highest BCUT2D eigenvalue weighted by Crippen LogP contribution is 2.25. The molecule has 1 heterocycles. The average Bonchev–Trinajstić information content (AvgIpc) is 2.67. The molecule has 0 unspecified atom stereocenters. The summed E-state index contributed by atoms with van der Waals surface area (Å²) in [6.45, 7) is 1.62. The maximum absolute atomic E-state index is 11.9. The number of benzene rings is 1. The lowest BCUT2D eigenvalue weighted by Gasteiger charge is -2.07. The van der Waals surface area contributed by atoms with Crippen LogP contribution in [0.1, 0.15) is 6.92 Å². The van der Waals surface area contributed by atoms with Crippen LogP contribution >= 0.6 is 35.4 Å². The lowest BCUT2D eigenvalue weighted by molar-refractivity contribution is -0.119. The van der Waals surface area contributed by atoms with Crippen molar-refractivity contribution < 1.29 is 4.79 Å². The molecule has 0 radical (unpaired) electrons. The van der Waals surface area contributed by atoms with Gasteiger partial charge in [0.25, 0.3) is 0 Å². The predicted octanol–water partition coefficient (Wildman–Crippen LogP) is 2.22. The maximum Gasteiger partial charge on any atom is 0.303 e. The molecule has 0 spiro atoms. The fraction of sp³-hybridized carbons (Fsp3) is 0.0909. The lowest BCUT2D eigenvalue weighted by atomic mass is 10.2. The summed E-state index contributed by atoms with van der Waals surface area (Å²) in [4.78, 5) is 11.9. The zero-order valence-electron chi connectivity index (χ0n) is 10.2. The number of thiocarbonyl (C=S) groups is 1. The number of amides is 1. The highest BCUT2D eigenvalue weighted by molar-refractivity contribution is 7.80. The number of hydrazone groups is 2. The average molecular weight is 330 g/mol. The third-order valence-electron chi connectivity index (χ3n) is 2.41. The minimum atomic E-state index is -0.499. The molecule has 0 bridgehead atoms. The molecule has 20 heavy (non-hydrogen) atoms. The molecular formula is C11H9Cl2N5OS. The van der Waals surface area contributed by atoms with Crippen LogP contribution in [0.3, 0.4) is 0 Å². The van der Waals surface area contributed by atoms with Crippen LogP contribution in [0.2, 0.25) is 10.0 Å². The van der Waals surface area contributed by atoms with E-state index in [0.29, 0.717) is 21.4 Å². The van der Waals surface area contributed by atoms with Crippen molar-refractivity contribution in [3.63, 3.8) is 0 Å². The largest absolute Gasteiger partial charge is 0.374 e. The second kappa shape index (κ2) is 5.74. The van der Waals surface area contributed by atoms with E-state index in [-0.39, 0.29) is 10.8 Å². The van der Waals surface area contributed by atoms with Gasteiger partial charge in [-0.15, -0.1) is 0 Å². The number of hydrogen-bond donors (Lipinski definition) is 2. The van der Waals surface area contributed by atoms with E-state index in [0.717, 1.165) is 5.01 Å². The van der Waals surface area contributed by atoms with Crippen molar-refractivity contribution in [1.82, 2.24) is 5.01 Å². The van der Waals surface area contributed by atoms with Crippen molar-refractivity contribution in [2.45, 2.75) is 6.92 Å². The molecule has 1 aliphatic rings. The Hall–Kier alpha value is -1.70. The fourth-order valence-electron chi connectivity index (χ4n) is 1.48. The highest BCUT2D eigenvalue weighted by Gasteiger charge is 2.31. The Labute approximate surface area is 130 Å². The fourth-order valence-corrected chi connectivity index (χ4v) is 1.93. The van der Waals surface area contributed by atoms with E-state index in [4.69, 9.17) is 41.2 Å². The molecule has 0 aliphatic carbocycles. The molecule has 1 aromatic rings. The standard InChI is InChI=1S/C11H9Cl2N5OS/c1-5-9(10(19)18(17-5)11(14)20)16-15-8-4-6(12)2-3-7(8)13/h2-4,15H,1H3,(H2,14,20)/b16-9+. The van der Waals surface area contributed by atoms with Crippen LogP contribution in [0.5, 0.6) is 0 Å². The maximum atomic E-state index is 11.9. The molecule has 9 heteroatoms. The highest BCUT2D eigenvalue weighted by atomic mass is 35.5. The van der Waals surface area contributed by atoms with E-state index < -0.39 is 5.91 Å². The van der Waals surface area contributed by atoms with Crippen LogP contribution in [-0.2, 0) is 4.79 Å². The van der Waals surface area contributed by atoms with Gasteiger partial charge in [0.15, 0.2) is 10.8 Å². The van der Waals surface area contributed by atoms with Crippen LogP contribution < -0.4 is 11.2 Å². The van der Waals surface area contributed by atoms with Gasteiger partial charge in [0.05, 0.1) is 16.4 Å². The minimum Gasteiger partial charge on any atom is -0.374 e. The summed E-state index contributed by atoms with van der Waals surface area (Å²) in [6.07, 6.45) is 0. The number of halogens is 2. The Morgan fingerprint density at radius 3 is 2.80 bits per heavy atom. The van der Waals surface area contributed by atoms with Crippen LogP contribution in [0, 0.1) is 0 Å².